The van der Waals surface area contributed by atoms with Gasteiger partial charge < -0.3 is 28.8 Å². The number of carbonyl (C=O) groups excluding carboxylic acids is 1. The highest BCUT2D eigenvalue weighted by Gasteiger charge is 2.23. The molecule has 0 aromatic carbocycles. The molecule has 0 spiro atoms. The normalized spacial score (nSPS) is 14.2. The van der Waals surface area contributed by atoms with Crippen LogP contribution in [0.3, 0.4) is 0 Å². The number of rotatable bonds is 58. The van der Waals surface area contributed by atoms with E-state index in [0.717, 1.165) is 57.8 Å². The number of quaternary nitrogens is 1. The van der Waals surface area contributed by atoms with Crippen LogP contribution in [-0.2, 0) is 18.4 Å². The van der Waals surface area contributed by atoms with Crippen LogP contribution < -0.4 is 10.2 Å². The molecule has 0 heterocycles. The number of unbranched alkanes of at least 4 members (excludes halogenated alkanes) is 37. The largest absolute Gasteiger partial charge is 0.756 e. The highest BCUT2D eigenvalue weighted by molar-refractivity contribution is 7.45. The Labute approximate surface area is 460 Å². The third kappa shape index (κ3) is 57.9. The molecule has 0 aliphatic rings. The Kier molecular flexibility index (Phi) is 54.6. The van der Waals surface area contributed by atoms with Gasteiger partial charge in [-0.05, 0) is 70.6 Å². The van der Waals surface area contributed by atoms with Crippen molar-refractivity contribution in [3.63, 3.8) is 0 Å². The first-order valence-electron chi connectivity index (χ1n) is 31.7. The Morgan fingerprint density at radius 2 is 0.824 bits per heavy atom. The molecular weight excluding hydrogens is 936 g/mol. The zero-order valence-corrected chi connectivity index (χ0v) is 50.4. The molecule has 3 atom stereocenters. The zero-order valence-electron chi connectivity index (χ0n) is 49.5. The smallest absolute Gasteiger partial charge is 0.268 e. The third-order valence-electron chi connectivity index (χ3n) is 14.2. The molecule has 2 N–H and O–H groups in total. The molecule has 8 nitrogen and oxygen atoms in total. The number of phosphoric ester groups is 1. The van der Waals surface area contributed by atoms with E-state index >= 15 is 0 Å². The van der Waals surface area contributed by atoms with Crippen LogP contribution in [0, 0.1) is 0 Å². The summed E-state index contributed by atoms with van der Waals surface area (Å²) in [6.45, 7) is 4.54. The second-order valence-corrected chi connectivity index (χ2v) is 24.2. The fraction of sp³-hybridized carbons (Fsp3) is 0.831. The first-order chi connectivity index (χ1) is 36.0. The van der Waals surface area contributed by atoms with Gasteiger partial charge in [0.25, 0.3) is 7.82 Å². The predicted molar refractivity (Wildman–Crippen MR) is 321 cm³/mol. The molecule has 9 heteroatoms. The standard InChI is InChI=1S/C65H123N2O6P/c1-6-8-10-12-14-16-18-19-20-21-22-23-24-25-26-27-28-29-30-31-32-33-34-35-36-37-38-39-40-41-42-43-44-45-46-47-49-51-53-55-57-59-65(69)66-63(62-73-74(70,71)72-61-60-67(3,4)5)64(68)58-56-54-52-50-48-17-15-13-11-9-7-2/h11,13,18-19,21-22,48,50,56,58,63-64,68H,6-10,12,14-17,20,23-47,49,51-55,57,59-62H2,1-5H3,(H-,66,69,70,71)/b13-11+,19-18-,22-21-,50-48+,58-56+. The van der Waals surface area contributed by atoms with Crippen LogP contribution in [0.2, 0.25) is 0 Å². The molecular formula is C65H123N2O6P. The summed E-state index contributed by atoms with van der Waals surface area (Å²) in [5.41, 5.74) is 0. The zero-order chi connectivity index (χ0) is 54.2. The van der Waals surface area contributed by atoms with Crippen LogP contribution in [0.1, 0.15) is 296 Å². The molecule has 3 unspecified atom stereocenters. The van der Waals surface area contributed by atoms with Gasteiger partial charge >= 0.3 is 0 Å². The Bertz CT molecular complexity index is 1390. The quantitative estimate of drug-likeness (QED) is 0.0272. The van der Waals surface area contributed by atoms with Gasteiger partial charge in [-0.15, -0.1) is 0 Å². The topological polar surface area (TPSA) is 108 Å². The van der Waals surface area contributed by atoms with E-state index in [1.807, 2.05) is 27.2 Å². The molecule has 0 saturated carbocycles. The number of allylic oxidation sites excluding steroid dienone is 9. The average Bonchev–Trinajstić information content (AvgIpc) is 3.36. The minimum Gasteiger partial charge on any atom is -0.756 e. The van der Waals surface area contributed by atoms with Crippen molar-refractivity contribution in [1.82, 2.24) is 5.32 Å². The SMILES string of the molecule is CCC/C=C/CC/C=C/CC/C=C/C(O)C(COP(=O)([O-])OCC[N+](C)(C)C)NC(=O)CCCCCCCCCCCCCCCCCCCCCCCCCCCCCCC/C=C\C/C=C\CCCCCCC. The van der Waals surface area contributed by atoms with E-state index in [0.29, 0.717) is 17.4 Å². The number of amides is 1. The Hall–Kier alpha value is -1.80. The van der Waals surface area contributed by atoms with Crippen LogP contribution >= 0.6 is 7.82 Å². The summed E-state index contributed by atoms with van der Waals surface area (Å²) in [5, 5.41) is 13.8. The number of phosphoric acid groups is 1. The highest BCUT2D eigenvalue weighted by atomic mass is 31.2. The molecule has 0 aromatic heterocycles. The Morgan fingerprint density at radius 1 is 0.473 bits per heavy atom. The number of hydrogen-bond donors (Lipinski definition) is 2. The average molecular weight is 1060 g/mol. The van der Waals surface area contributed by atoms with Crippen LogP contribution in [0.15, 0.2) is 60.8 Å². The van der Waals surface area contributed by atoms with Gasteiger partial charge in [-0.3, -0.25) is 9.36 Å². The Balaban J connectivity index is 3.81. The molecule has 434 valence electrons. The molecule has 0 saturated heterocycles. The number of aliphatic hydroxyl groups excluding tert-OH is 1. The van der Waals surface area contributed by atoms with Crippen molar-refractivity contribution in [2.24, 2.45) is 0 Å². The lowest BCUT2D eigenvalue weighted by atomic mass is 10.0. The van der Waals surface area contributed by atoms with Gasteiger partial charge in [0.15, 0.2) is 0 Å². The van der Waals surface area contributed by atoms with Crippen LogP contribution in [-0.4, -0.2) is 68.5 Å². The fourth-order valence-electron chi connectivity index (χ4n) is 9.23. The van der Waals surface area contributed by atoms with E-state index in [2.05, 4.69) is 67.8 Å². The lowest BCUT2D eigenvalue weighted by Gasteiger charge is -2.29. The number of likely N-dealkylation sites (N-methyl/N-ethyl adjacent to an activating group) is 1. The monoisotopic (exact) mass is 1060 g/mol. The number of nitrogens with zero attached hydrogens (tertiary/aromatic N) is 1. The first-order valence-corrected chi connectivity index (χ1v) is 33.1. The van der Waals surface area contributed by atoms with Crippen molar-refractivity contribution < 1.29 is 32.9 Å². The summed E-state index contributed by atoms with van der Waals surface area (Å²) in [6.07, 6.45) is 76.5. The van der Waals surface area contributed by atoms with Gasteiger partial charge in [0.2, 0.25) is 5.91 Å². The van der Waals surface area contributed by atoms with Crippen LogP contribution in [0.25, 0.3) is 0 Å². The molecule has 1 amide bonds. The molecule has 0 radical (unpaired) electrons. The second kappa shape index (κ2) is 55.9. The van der Waals surface area contributed by atoms with E-state index in [1.54, 1.807) is 6.08 Å². The summed E-state index contributed by atoms with van der Waals surface area (Å²) in [7, 11) is 1.24. The van der Waals surface area contributed by atoms with Gasteiger partial charge in [0, 0.05) is 6.42 Å². The number of hydrogen-bond acceptors (Lipinski definition) is 6. The van der Waals surface area contributed by atoms with E-state index in [4.69, 9.17) is 9.05 Å². The highest BCUT2D eigenvalue weighted by Crippen LogP contribution is 2.38. The number of nitrogens with one attached hydrogen (secondary N) is 1. The number of aliphatic hydroxyl groups is 1. The molecule has 0 fully saturated rings. The van der Waals surface area contributed by atoms with Crippen LogP contribution in [0.5, 0.6) is 0 Å². The summed E-state index contributed by atoms with van der Waals surface area (Å²) in [6, 6.07) is -0.908. The van der Waals surface area contributed by atoms with Crippen molar-refractivity contribution in [2.45, 2.75) is 309 Å². The van der Waals surface area contributed by atoms with E-state index in [-0.39, 0.29) is 12.5 Å². The lowest BCUT2D eigenvalue weighted by molar-refractivity contribution is -0.870. The summed E-state index contributed by atoms with van der Waals surface area (Å²) < 4.78 is 23.2. The van der Waals surface area contributed by atoms with Gasteiger partial charge in [0.05, 0.1) is 39.9 Å². The lowest BCUT2D eigenvalue weighted by Crippen LogP contribution is -2.45. The third-order valence-corrected chi connectivity index (χ3v) is 15.1. The fourth-order valence-corrected chi connectivity index (χ4v) is 9.95. The maximum Gasteiger partial charge on any atom is 0.268 e. The van der Waals surface area contributed by atoms with Crippen molar-refractivity contribution in [1.29, 1.82) is 0 Å². The minimum atomic E-state index is -4.60. The van der Waals surface area contributed by atoms with Crippen LogP contribution in [0.4, 0.5) is 0 Å². The van der Waals surface area contributed by atoms with Crippen molar-refractivity contribution in [3.05, 3.63) is 60.8 Å². The van der Waals surface area contributed by atoms with Gasteiger partial charge in [-0.1, -0.05) is 280 Å². The molecule has 74 heavy (non-hydrogen) atoms. The summed E-state index contributed by atoms with van der Waals surface area (Å²) in [5.74, 6) is -0.210. The minimum absolute atomic E-state index is 0.00896. The second-order valence-electron chi connectivity index (χ2n) is 22.7. The maximum atomic E-state index is 12.9. The van der Waals surface area contributed by atoms with Gasteiger partial charge in [-0.25, -0.2) is 0 Å². The van der Waals surface area contributed by atoms with E-state index in [9.17, 15) is 19.4 Å². The molecule has 0 bridgehead atoms. The molecule has 0 aromatic rings. The molecule has 0 aliphatic heterocycles. The van der Waals surface area contributed by atoms with Crippen molar-refractivity contribution >= 4 is 13.7 Å². The molecule has 0 aliphatic carbocycles. The van der Waals surface area contributed by atoms with Gasteiger partial charge in [-0.2, -0.15) is 0 Å². The van der Waals surface area contributed by atoms with Crippen molar-refractivity contribution in [2.75, 3.05) is 40.9 Å². The van der Waals surface area contributed by atoms with E-state index < -0.39 is 26.6 Å². The summed E-state index contributed by atoms with van der Waals surface area (Å²) >= 11 is 0. The predicted octanol–water partition coefficient (Wildman–Crippen LogP) is 19.0. The van der Waals surface area contributed by atoms with E-state index in [1.165, 1.54) is 218 Å². The van der Waals surface area contributed by atoms with Crippen molar-refractivity contribution in [3.8, 4) is 0 Å². The Morgan fingerprint density at radius 3 is 1.22 bits per heavy atom. The first kappa shape index (κ1) is 72.2. The number of carbonyl (C=O) groups is 1. The van der Waals surface area contributed by atoms with Gasteiger partial charge in [0.1, 0.15) is 13.2 Å². The maximum absolute atomic E-state index is 12.9. The molecule has 0 rings (SSSR count). The summed E-state index contributed by atoms with van der Waals surface area (Å²) in [4.78, 5) is 25.4.